The molecule has 2 aromatic heterocycles. The van der Waals surface area contributed by atoms with Crippen LogP contribution in [0.3, 0.4) is 0 Å². The number of carboxylic acids is 1. The number of aromatic nitrogens is 2. The molecule has 3 aromatic rings. The van der Waals surface area contributed by atoms with Crippen molar-refractivity contribution in [2.45, 2.75) is 13.0 Å². The Morgan fingerprint density at radius 3 is 2.65 bits per heavy atom. The molecule has 1 amide bonds. The molecule has 0 aliphatic heterocycles. The van der Waals surface area contributed by atoms with Crippen LogP contribution in [0.2, 0.25) is 0 Å². The van der Waals surface area contributed by atoms with Crippen molar-refractivity contribution in [1.82, 2.24) is 15.3 Å². The average molecular weight is 371 g/mol. The second-order valence-electron chi connectivity index (χ2n) is 5.39. The Hall–Kier alpha value is -3.13. The van der Waals surface area contributed by atoms with E-state index in [0.717, 1.165) is 16.9 Å². The molecule has 0 aliphatic rings. The Morgan fingerprint density at radius 2 is 1.92 bits per heavy atom. The molecule has 0 saturated carbocycles. The number of carbonyl (C=O) groups excluding carboxylic acids is 1. The van der Waals surface area contributed by atoms with Crippen molar-refractivity contribution in [2.75, 3.05) is 0 Å². The summed E-state index contributed by atoms with van der Waals surface area (Å²) < 4.78 is 13.8. The summed E-state index contributed by atoms with van der Waals surface area (Å²) in [5.74, 6) is -1.87. The lowest BCUT2D eigenvalue weighted by Gasteiger charge is -2.08. The fourth-order valence-corrected chi connectivity index (χ4v) is 3.16. The summed E-state index contributed by atoms with van der Waals surface area (Å²) in [5.41, 5.74) is 1.61. The molecule has 0 saturated heterocycles. The van der Waals surface area contributed by atoms with Crippen molar-refractivity contribution < 1.29 is 19.1 Å². The van der Waals surface area contributed by atoms with Gasteiger partial charge in [0.05, 0.1) is 6.42 Å². The molecule has 0 unspecified atom stereocenters. The van der Waals surface area contributed by atoms with E-state index in [2.05, 4.69) is 15.3 Å². The number of hydrogen-bond acceptors (Lipinski definition) is 5. The van der Waals surface area contributed by atoms with Crippen LogP contribution in [0.25, 0.3) is 10.7 Å². The second-order valence-corrected chi connectivity index (χ2v) is 6.25. The molecule has 0 atom stereocenters. The van der Waals surface area contributed by atoms with E-state index in [1.807, 2.05) is 0 Å². The van der Waals surface area contributed by atoms with E-state index in [-0.39, 0.29) is 24.4 Å². The van der Waals surface area contributed by atoms with Gasteiger partial charge in [0.1, 0.15) is 16.4 Å². The Bertz CT molecular complexity index is 958. The van der Waals surface area contributed by atoms with E-state index < -0.39 is 17.7 Å². The fraction of sp³-hybridized carbons (Fsp3) is 0.111. The third-order valence-electron chi connectivity index (χ3n) is 3.60. The van der Waals surface area contributed by atoms with E-state index in [0.29, 0.717) is 10.6 Å². The first-order valence-corrected chi connectivity index (χ1v) is 8.55. The van der Waals surface area contributed by atoms with E-state index in [1.165, 1.54) is 23.7 Å². The van der Waals surface area contributed by atoms with Gasteiger partial charge < -0.3 is 10.4 Å². The number of amides is 1. The number of halogens is 1. The number of benzene rings is 1. The van der Waals surface area contributed by atoms with Crippen LogP contribution in [0.5, 0.6) is 0 Å². The largest absolute Gasteiger partial charge is 0.481 e. The van der Waals surface area contributed by atoms with Gasteiger partial charge in [-0.25, -0.2) is 9.37 Å². The van der Waals surface area contributed by atoms with Crippen molar-refractivity contribution in [3.63, 3.8) is 0 Å². The van der Waals surface area contributed by atoms with Crippen molar-refractivity contribution >= 4 is 23.2 Å². The minimum atomic E-state index is -0.940. The molecule has 132 valence electrons. The van der Waals surface area contributed by atoms with Crippen LogP contribution in [0.4, 0.5) is 4.39 Å². The summed E-state index contributed by atoms with van der Waals surface area (Å²) in [7, 11) is 0. The number of pyridine rings is 1. The molecule has 3 rings (SSSR count). The first-order chi connectivity index (χ1) is 12.5. The molecule has 8 heteroatoms. The van der Waals surface area contributed by atoms with Gasteiger partial charge >= 0.3 is 5.97 Å². The number of carboxylic acid groups (broad SMARTS) is 1. The third kappa shape index (κ3) is 4.09. The van der Waals surface area contributed by atoms with Crippen LogP contribution in [-0.4, -0.2) is 27.0 Å². The van der Waals surface area contributed by atoms with Gasteiger partial charge in [0.2, 0.25) is 0 Å². The standard InChI is InChI=1S/C18H14FN3O3S/c19-13-6-3-7-20-16(13)18-22-14(10-26-18)17(25)21-9-12-5-2-1-4-11(12)8-15(23)24/h1-7,10H,8-9H2,(H,21,25)(H,23,24). The monoisotopic (exact) mass is 371 g/mol. The van der Waals surface area contributed by atoms with Gasteiger partial charge in [0, 0.05) is 18.1 Å². The number of nitrogens with zero attached hydrogens (tertiary/aromatic N) is 2. The highest BCUT2D eigenvalue weighted by atomic mass is 32.1. The molecule has 2 heterocycles. The number of hydrogen-bond donors (Lipinski definition) is 2. The normalized spacial score (nSPS) is 10.5. The van der Waals surface area contributed by atoms with E-state index in [9.17, 15) is 14.0 Å². The van der Waals surface area contributed by atoms with Gasteiger partial charge in [0.15, 0.2) is 5.82 Å². The SMILES string of the molecule is O=C(O)Cc1ccccc1CNC(=O)c1csc(-c2ncccc2F)n1. The maximum absolute atomic E-state index is 13.8. The van der Waals surface area contributed by atoms with E-state index in [1.54, 1.807) is 24.3 Å². The zero-order valence-electron chi connectivity index (χ0n) is 13.5. The molecular formula is C18H14FN3O3S. The van der Waals surface area contributed by atoms with Gasteiger partial charge in [-0.3, -0.25) is 14.6 Å². The Labute approximate surface area is 152 Å². The number of thiazole rings is 1. The minimum Gasteiger partial charge on any atom is -0.481 e. The molecule has 0 radical (unpaired) electrons. The van der Waals surface area contributed by atoms with Crippen LogP contribution in [0, 0.1) is 5.82 Å². The average Bonchev–Trinajstić information content (AvgIpc) is 3.10. The number of aliphatic carboxylic acids is 1. The molecule has 1 aromatic carbocycles. The summed E-state index contributed by atoms with van der Waals surface area (Å²) in [6, 6.07) is 9.75. The Kier molecular flexibility index (Phi) is 5.33. The fourth-order valence-electron chi connectivity index (χ4n) is 2.36. The summed E-state index contributed by atoms with van der Waals surface area (Å²) in [6.07, 6.45) is 1.34. The summed E-state index contributed by atoms with van der Waals surface area (Å²) in [4.78, 5) is 31.3. The van der Waals surface area contributed by atoms with Gasteiger partial charge in [0.25, 0.3) is 5.91 Å². The number of nitrogens with one attached hydrogen (secondary N) is 1. The quantitative estimate of drug-likeness (QED) is 0.695. The van der Waals surface area contributed by atoms with E-state index >= 15 is 0 Å². The number of carbonyl (C=O) groups is 2. The second kappa shape index (κ2) is 7.83. The van der Waals surface area contributed by atoms with Crippen molar-refractivity contribution in [3.8, 4) is 10.7 Å². The molecule has 26 heavy (non-hydrogen) atoms. The zero-order chi connectivity index (χ0) is 18.5. The van der Waals surface area contributed by atoms with Crippen LogP contribution >= 0.6 is 11.3 Å². The molecule has 0 aliphatic carbocycles. The first-order valence-electron chi connectivity index (χ1n) is 7.68. The summed E-state index contributed by atoms with van der Waals surface area (Å²) >= 11 is 1.13. The Morgan fingerprint density at radius 1 is 1.15 bits per heavy atom. The molecule has 0 fully saturated rings. The predicted octanol–water partition coefficient (Wildman–Crippen LogP) is 2.90. The lowest BCUT2D eigenvalue weighted by Crippen LogP contribution is -2.24. The topological polar surface area (TPSA) is 92.2 Å². The van der Waals surface area contributed by atoms with E-state index in [4.69, 9.17) is 5.11 Å². The van der Waals surface area contributed by atoms with Gasteiger partial charge in [-0.15, -0.1) is 11.3 Å². The van der Waals surface area contributed by atoms with Crippen molar-refractivity contribution in [1.29, 1.82) is 0 Å². The highest BCUT2D eigenvalue weighted by Crippen LogP contribution is 2.24. The third-order valence-corrected chi connectivity index (χ3v) is 4.45. The Balaban J connectivity index is 1.70. The summed E-state index contributed by atoms with van der Waals surface area (Å²) in [6.45, 7) is 0.174. The van der Waals surface area contributed by atoms with Crippen LogP contribution in [-0.2, 0) is 17.8 Å². The first kappa shape index (κ1) is 17.7. The minimum absolute atomic E-state index is 0.100. The molecule has 2 N–H and O–H groups in total. The van der Waals surface area contributed by atoms with Crippen LogP contribution in [0.15, 0.2) is 48.0 Å². The zero-order valence-corrected chi connectivity index (χ0v) is 14.3. The van der Waals surface area contributed by atoms with Crippen LogP contribution < -0.4 is 5.32 Å². The highest BCUT2D eigenvalue weighted by Gasteiger charge is 2.15. The van der Waals surface area contributed by atoms with Crippen molar-refractivity contribution in [2.24, 2.45) is 0 Å². The summed E-state index contributed by atoms with van der Waals surface area (Å²) in [5, 5.41) is 13.5. The molecule has 0 spiro atoms. The molecule has 6 nitrogen and oxygen atoms in total. The number of rotatable bonds is 6. The lowest BCUT2D eigenvalue weighted by molar-refractivity contribution is -0.136. The van der Waals surface area contributed by atoms with Crippen LogP contribution in [0.1, 0.15) is 21.6 Å². The van der Waals surface area contributed by atoms with Gasteiger partial charge in [-0.1, -0.05) is 24.3 Å². The van der Waals surface area contributed by atoms with Crippen molar-refractivity contribution in [3.05, 3.63) is 70.6 Å². The van der Waals surface area contributed by atoms with Gasteiger partial charge in [-0.2, -0.15) is 0 Å². The van der Waals surface area contributed by atoms with Gasteiger partial charge in [-0.05, 0) is 23.3 Å². The predicted molar refractivity (Wildman–Crippen MR) is 94.3 cm³/mol. The molecular weight excluding hydrogens is 357 g/mol. The molecule has 0 bridgehead atoms. The lowest BCUT2D eigenvalue weighted by atomic mass is 10.0. The smallest absolute Gasteiger partial charge is 0.307 e. The highest BCUT2D eigenvalue weighted by molar-refractivity contribution is 7.13. The maximum Gasteiger partial charge on any atom is 0.307 e. The maximum atomic E-state index is 13.8.